The summed E-state index contributed by atoms with van der Waals surface area (Å²) in [5, 5.41) is 15.8. The summed E-state index contributed by atoms with van der Waals surface area (Å²) < 4.78 is 17.0. The van der Waals surface area contributed by atoms with E-state index in [1.165, 1.54) is 0 Å². The van der Waals surface area contributed by atoms with Crippen molar-refractivity contribution in [2.24, 2.45) is 11.3 Å². The molecule has 2 heterocycles. The number of ether oxygens (including phenoxy) is 3. The number of nitrogens with one attached hydrogen (secondary N) is 2. The number of nitrogens with zero attached hydrogens (tertiary/aromatic N) is 1. The Bertz CT molecular complexity index is 897. The molecule has 2 aliphatic heterocycles. The van der Waals surface area contributed by atoms with E-state index < -0.39 is 29.8 Å². The van der Waals surface area contributed by atoms with E-state index in [2.05, 4.69) is 10.6 Å². The number of aliphatic hydroxyl groups excluding tert-OH is 1. The normalized spacial score (nSPS) is 23.0. The van der Waals surface area contributed by atoms with Crippen molar-refractivity contribution < 1.29 is 33.7 Å². The third kappa shape index (κ3) is 7.41. The fourth-order valence-electron chi connectivity index (χ4n) is 4.44. The molecule has 10 heteroatoms. The van der Waals surface area contributed by atoms with Gasteiger partial charge in [-0.05, 0) is 37.3 Å². The van der Waals surface area contributed by atoms with E-state index in [1.807, 2.05) is 26.0 Å². The second-order valence-corrected chi connectivity index (χ2v) is 10.2. The van der Waals surface area contributed by atoms with Crippen LogP contribution in [0.15, 0.2) is 24.3 Å². The first-order chi connectivity index (χ1) is 17.1. The molecule has 0 bridgehead atoms. The molecular formula is C26H39N3O7. The molecule has 3 rings (SSSR count). The highest BCUT2D eigenvalue weighted by Gasteiger charge is 2.43. The summed E-state index contributed by atoms with van der Waals surface area (Å²) in [7, 11) is 1.59. The SMILES string of the molecule is COc1ccc([C@@H]2OCC(C)(C)C(C(=O)NCCC(O)C(=O)NCC3CCN(C(C)=O)CC3)O2)cc1. The Morgan fingerprint density at radius 2 is 1.83 bits per heavy atom. The maximum absolute atomic E-state index is 12.9. The summed E-state index contributed by atoms with van der Waals surface area (Å²) in [4.78, 5) is 38.5. The third-order valence-electron chi connectivity index (χ3n) is 6.85. The van der Waals surface area contributed by atoms with Gasteiger partial charge in [-0.15, -0.1) is 0 Å². The number of rotatable bonds is 9. The van der Waals surface area contributed by atoms with Gasteiger partial charge in [-0.3, -0.25) is 14.4 Å². The lowest BCUT2D eigenvalue weighted by Gasteiger charge is -2.41. The average molecular weight is 506 g/mol. The number of likely N-dealkylation sites (tertiary alicyclic amines) is 1. The highest BCUT2D eigenvalue weighted by molar-refractivity contribution is 5.82. The van der Waals surface area contributed by atoms with Crippen molar-refractivity contribution >= 4 is 17.7 Å². The van der Waals surface area contributed by atoms with Gasteiger partial charge in [0.1, 0.15) is 18.0 Å². The van der Waals surface area contributed by atoms with Crippen LogP contribution in [0.4, 0.5) is 0 Å². The van der Waals surface area contributed by atoms with Gasteiger partial charge in [0, 0.05) is 44.1 Å². The van der Waals surface area contributed by atoms with Gasteiger partial charge in [0.25, 0.3) is 0 Å². The molecule has 0 spiro atoms. The fraction of sp³-hybridized carbons (Fsp3) is 0.654. The second-order valence-electron chi connectivity index (χ2n) is 10.2. The van der Waals surface area contributed by atoms with Gasteiger partial charge in [0.05, 0.1) is 13.7 Å². The van der Waals surface area contributed by atoms with E-state index in [-0.39, 0.29) is 30.7 Å². The Morgan fingerprint density at radius 1 is 1.17 bits per heavy atom. The van der Waals surface area contributed by atoms with Gasteiger partial charge >= 0.3 is 0 Å². The summed E-state index contributed by atoms with van der Waals surface area (Å²) in [5.41, 5.74) is 0.226. The Hall–Kier alpha value is -2.69. The van der Waals surface area contributed by atoms with E-state index in [0.717, 1.165) is 18.4 Å². The number of aliphatic hydroxyl groups is 1. The number of amides is 3. The molecule has 0 aliphatic carbocycles. The number of benzene rings is 1. The van der Waals surface area contributed by atoms with Crippen LogP contribution in [0.5, 0.6) is 5.75 Å². The molecule has 0 radical (unpaired) electrons. The van der Waals surface area contributed by atoms with Gasteiger partial charge in [-0.2, -0.15) is 0 Å². The van der Waals surface area contributed by atoms with E-state index in [1.54, 1.807) is 31.1 Å². The molecule has 3 atom stereocenters. The summed E-state index contributed by atoms with van der Waals surface area (Å²) in [6.07, 6.45) is -0.928. The van der Waals surface area contributed by atoms with Gasteiger partial charge < -0.3 is 34.9 Å². The first-order valence-electron chi connectivity index (χ1n) is 12.5. The van der Waals surface area contributed by atoms with Crippen molar-refractivity contribution in [2.75, 3.05) is 39.9 Å². The number of carbonyl (C=O) groups is 3. The van der Waals surface area contributed by atoms with Crippen LogP contribution in [0.25, 0.3) is 0 Å². The molecule has 2 aliphatic rings. The topological polar surface area (TPSA) is 126 Å². The maximum Gasteiger partial charge on any atom is 0.249 e. The molecule has 0 aromatic heterocycles. The number of hydrogen-bond acceptors (Lipinski definition) is 7. The first kappa shape index (κ1) is 27.9. The number of piperidine rings is 1. The molecule has 1 aromatic rings. The highest BCUT2D eigenvalue weighted by Crippen LogP contribution is 2.37. The molecular weight excluding hydrogens is 466 g/mol. The summed E-state index contributed by atoms with van der Waals surface area (Å²) >= 11 is 0. The largest absolute Gasteiger partial charge is 0.497 e. The van der Waals surface area contributed by atoms with Crippen LogP contribution in [-0.4, -0.2) is 79.8 Å². The lowest BCUT2D eigenvalue weighted by Crippen LogP contribution is -2.52. The Kier molecular flexibility index (Phi) is 9.69. The van der Waals surface area contributed by atoms with Crippen LogP contribution >= 0.6 is 0 Å². The highest BCUT2D eigenvalue weighted by atomic mass is 16.7. The summed E-state index contributed by atoms with van der Waals surface area (Å²) in [5.74, 6) is 0.293. The monoisotopic (exact) mass is 505 g/mol. The van der Waals surface area contributed by atoms with E-state index in [4.69, 9.17) is 14.2 Å². The maximum atomic E-state index is 12.9. The number of carbonyl (C=O) groups excluding carboxylic acids is 3. The number of hydrogen-bond donors (Lipinski definition) is 3. The van der Waals surface area contributed by atoms with E-state index in [0.29, 0.717) is 32.0 Å². The zero-order valence-electron chi connectivity index (χ0n) is 21.6. The molecule has 36 heavy (non-hydrogen) atoms. The minimum absolute atomic E-state index is 0.0701. The zero-order chi connectivity index (χ0) is 26.3. The van der Waals surface area contributed by atoms with Gasteiger partial charge in [-0.1, -0.05) is 26.0 Å². The molecule has 3 N–H and O–H groups in total. The quantitative estimate of drug-likeness (QED) is 0.463. The molecule has 10 nitrogen and oxygen atoms in total. The van der Waals surface area contributed by atoms with Crippen molar-refractivity contribution in [1.29, 1.82) is 0 Å². The van der Waals surface area contributed by atoms with Gasteiger partial charge in [0.2, 0.25) is 17.7 Å². The standard InChI is InChI=1S/C26H39N3O7/c1-17(30)29-13-10-18(11-14-29)15-28-23(32)21(31)9-12-27-24(33)22-26(2,3)16-35-25(36-22)19-5-7-20(34-4)8-6-19/h5-8,18,21-22,25,31H,9-16H2,1-4H3,(H,27,33)(H,28,32)/t21?,22?,25-/m1/s1. The Morgan fingerprint density at radius 3 is 2.44 bits per heavy atom. The van der Waals surface area contributed by atoms with Crippen molar-refractivity contribution in [3.63, 3.8) is 0 Å². The molecule has 2 unspecified atom stereocenters. The van der Waals surface area contributed by atoms with Crippen molar-refractivity contribution in [2.45, 2.75) is 58.5 Å². The van der Waals surface area contributed by atoms with Crippen molar-refractivity contribution in [3.8, 4) is 5.75 Å². The van der Waals surface area contributed by atoms with Crippen LogP contribution in [0, 0.1) is 11.3 Å². The van der Waals surface area contributed by atoms with Crippen molar-refractivity contribution in [3.05, 3.63) is 29.8 Å². The fourth-order valence-corrected chi connectivity index (χ4v) is 4.44. The molecule has 1 aromatic carbocycles. The molecule has 2 saturated heterocycles. The molecule has 0 saturated carbocycles. The van der Waals surface area contributed by atoms with Crippen molar-refractivity contribution in [1.82, 2.24) is 15.5 Å². The lowest BCUT2D eigenvalue weighted by atomic mass is 9.85. The summed E-state index contributed by atoms with van der Waals surface area (Å²) in [6, 6.07) is 7.27. The minimum Gasteiger partial charge on any atom is -0.497 e. The van der Waals surface area contributed by atoms with Crippen LogP contribution in [0.2, 0.25) is 0 Å². The van der Waals surface area contributed by atoms with E-state index in [9.17, 15) is 19.5 Å². The zero-order valence-corrected chi connectivity index (χ0v) is 21.6. The van der Waals surface area contributed by atoms with Crippen LogP contribution in [0.1, 0.15) is 51.9 Å². The van der Waals surface area contributed by atoms with Crippen LogP contribution in [0.3, 0.4) is 0 Å². The molecule has 3 amide bonds. The lowest BCUT2D eigenvalue weighted by molar-refractivity contribution is -0.258. The average Bonchev–Trinajstić information content (AvgIpc) is 2.87. The predicted molar refractivity (Wildman–Crippen MR) is 132 cm³/mol. The van der Waals surface area contributed by atoms with Gasteiger partial charge in [-0.25, -0.2) is 0 Å². The van der Waals surface area contributed by atoms with Gasteiger partial charge in [0.15, 0.2) is 6.29 Å². The number of methoxy groups -OCH3 is 1. The van der Waals surface area contributed by atoms with Crippen LogP contribution < -0.4 is 15.4 Å². The smallest absolute Gasteiger partial charge is 0.249 e. The molecule has 2 fully saturated rings. The third-order valence-corrected chi connectivity index (χ3v) is 6.85. The van der Waals surface area contributed by atoms with E-state index >= 15 is 0 Å². The molecule has 200 valence electrons. The second kappa shape index (κ2) is 12.5. The Labute approximate surface area is 212 Å². The summed E-state index contributed by atoms with van der Waals surface area (Å²) in [6.45, 7) is 7.65. The van der Waals surface area contributed by atoms with Crippen LogP contribution in [-0.2, 0) is 23.9 Å². The minimum atomic E-state index is -1.22. The first-order valence-corrected chi connectivity index (χ1v) is 12.5. The predicted octanol–water partition coefficient (Wildman–Crippen LogP) is 1.38. The Balaban J connectivity index is 1.42.